The standard InChI is InChI=1S/C12H17NO/c1-9(2)13-8-4-5-10-11(13)6-3-7-12(10)14/h3,6-7,9,14H,4-5,8H2,1-2H3. The van der Waals surface area contributed by atoms with E-state index >= 15 is 0 Å². The molecule has 0 unspecified atom stereocenters. The first-order valence-corrected chi connectivity index (χ1v) is 5.27. The SMILES string of the molecule is CC(C)N1CCCc2c(O)cccc21. The van der Waals surface area contributed by atoms with Crippen molar-refractivity contribution >= 4 is 5.69 Å². The van der Waals surface area contributed by atoms with Crippen molar-refractivity contribution < 1.29 is 5.11 Å². The Morgan fingerprint density at radius 3 is 2.86 bits per heavy atom. The summed E-state index contributed by atoms with van der Waals surface area (Å²) in [5.41, 5.74) is 2.33. The molecule has 0 spiro atoms. The van der Waals surface area contributed by atoms with Crippen molar-refractivity contribution in [2.75, 3.05) is 11.4 Å². The number of nitrogens with zero attached hydrogens (tertiary/aromatic N) is 1. The lowest BCUT2D eigenvalue weighted by molar-refractivity contribution is 0.463. The highest BCUT2D eigenvalue weighted by Gasteiger charge is 2.20. The highest BCUT2D eigenvalue weighted by molar-refractivity contribution is 5.61. The fourth-order valence-corrected chi connectivity index (χ4v) is 2.17. The molecule has 1 aromatic rings. The van der Waals surface area contributed by atoms with E-state index in [1.807, 2.05) is 6.07 Å². The van der Waals surface area contributed by atoms with Gasteiger partial charge in [-0.2, -0.15) is 0 Å². The molecule has 1 aliphatic heterocycles. The van der Waals surface area contributed by atoms with Crippen LogP contribution in [-0.4, -0.2) is 17.7 Å². The molecule has 1 aromatic carbocycles. The lowest BCUT2D eigenvalue weighted by atomic mass is 9.99. The Bertz CT molecular complexity index is 333. The average Bonchev–Trinajstić information content (AvgIpc) is 2.17. The summed E-state index contributed by atoms with van der Waals surface area (Å²) >= 11 is 0. The van der Waals surface area contributed by atoms with Crippen LogP contribution in [0.3, 0.4) is 0 Å². The third-order valence-electron chi connectivity index (χ3n) is 2.89. The third-order valence-corrected chi connectivity index (χ3v) is 2.89. The molecule has 2 nitrogen and oxygen atoms in total. The number of benzene rings is 1. The Morgan fingerprint density at radius 2 is 2.14 bits per heavy atom. The van der Waals surface area contributed by atoms with Gasteiger partial charge >= 0.3 is 0 Å². The van der Waals surface area contributed by atoms with Crippen LogP contribution in [0.4, 0.5) is 5.69 Å². The van der Waals surface area contributed by atoms with Gasteiger partial charge < -0.3 is 10.0 Å². The molecule has 0 saturated heterocycles. The Kier molecular flexibility index (Phi) is 2.36. The molecular formula is C12H17NO. The van der Waals surface area contributed by atoms with Gasteiger partial charge in [-0.3, -0.25) is 0 Å². The molecule has 2 heteroatoms. The van der Waals surface area contributed by atoms with Crippen molar-refractivity contribution in [3.05, 3.63) is 23.8 Å². The molecule has 14 heavy (non-hydrogen) atoms. The summed E-state index contributed by atoms with van der Waals surface area (Å²) in [7, 11) is 0. The predicted octanol–water partition coefficient (Wildman–Crippen LogP) is 2.55. The second-order valence-corrected chi connectivity index (χ2v) is 4.17. The minimum Gasteiger partial charge on any atom is -0.508 e. The fraction of sp³-hybridized carbons (Fsp3) is 0.500. The molecule has 1 heterocycles. The minimum absolute atomic E-state index is 0.452. The smallest absolute Gasteiger partial charge is 0.120 e. The summed E-state index contributed by atoms with van der Waals surface area (Å²) in [6.07, 6.45) is 2.15. The second kappa shape index (κ2) is 3.52. The van der Waals surface area contributed by atoms with Gasteiger partial charge in [-0.15, -0.1) is 0 Å². The molecule has 0 radical (unpaired) electrons. The quantitative estimate of drug-likeness (QED) is 0.737. The van der Waals surface area contributed by atoms with Gasteiger partial charge in [0, 0.05) is 23.8 Å². The van der Waals surface area contributed by atoms with E-state index in [1.165, 1.54) is 5.69 Å². The lowest BCUT2D eigenvalue weighted by Gasteiger charge is -2.34. The summed E-state index contributed by atoms with van der Waals surface area (Å²) in [4.78, 5) is 2.36. The first-order valence-electron chi connectivity index (χ1n) is 5.27. The van der Waals surface area contributed by atoms with Crippen LogP contribution in [0.2, 0.25) is 0 Å². The molecule has 0 bridgehead atoms. The van der Waals surface area contributed by atoms with Gasteiger partial charge in [0.05, 0.1) is 0 Å². The number of phenolic OH excluding ortho intramolecular Hbond substituents is 1. The minimum atomic E-state index is 0.452. The van der Waals surface area contributed by atoms with E-state index in [4.69, 9.17) is 0 Å². The maximum atomic E-state index is 9.73. The van der Waals surface area contributed by atoms with E-state index in [0.717, 1.165) is 24.9 Å². The number of aromatic hydroxyl groups is 1. The Labute approximate surface area is 85.2 Å². The van der Waals surface area contributed by atoms with Crippen molar-refractivity contribution in [2.24, 2.45) is 0 Å². The summed E-state index contributed by atoms with van der Waals surface area (Å²) in [6, 6.07) is 6.32. The van der Waals surface area contributed by atoms with Crippen molar-refractivity contribution in [1.82, 2.24) is 0 Å². The van der Waals surface area contributed by atoms with Crippen LogP contribution >= 0.6 is 0 Å². The van der Waals surface area contributed by atoms with Crippen LogP contribution < -0.4 is 4.90 Å². The third kappa shape index (κ3) is 1.45. The number of anilines is 1. The van der Waals surface area contributed by atoms with E-state index in [0.29, 0.717) is 11.8 Å². The zero-order valence-corrected chi connectivity index (χ0v) is 8.83. The topological polar surface area (TPSA) is 23.5 Å². The van der Waals surface area contributed by atoms with Gasteiger partial charge in [0.25, 0.3) is 0 Å². The van der Waals surface area contributed by atoms with E-state index < -0.39 is 0 Å². The number of rotatable bonds is 1. The highest BCUT2D eigenvalue weighted by Crippen LogP contribution is 2.34. The highest BCUT2D eigenvalue weighted by atomic mass is 16.3. The van der Waals surface area contributed by atoms with E-state index in [2.05, 4.69) is 24.8 Å². The zero-order valence-electron chi connectivity index (χ0n) is 8.83. The van der Waals surface area contributed by atoms with Gasteiger partial charge in [-0.1, -0.05) is 6.07 Å². The van der Waals surface area contributed by atoms with Gasteiger partial charge in [-0.05, 0) is 38.8 Å². The van der Waals surface area contributed by atoms with Gasteiger partial charge in [-0.25, -0.2) is 0 Å². The first kappa shape index (κ1) is 9.38. The maximum Gasteiger partial charge on any atom is 0.120 e. The zero-order chi connectivity index (χ0) is 10.1. The van der Waals surface area contributed by atoms with Crippen LogP contribution in [0, 0.1) is 0 Å². The fourth-order valence-electron chi connectivity index (χ4n) is 2.17. The molecule has 0 fully saturated rings. The van der Waals surface area contributed by atoms with Crippen molar-refractivity contribution in [2.45, 2.75) is 32.7 Å². The molecule has 1 N–H and O–H groups in total. The summed E-state index contributed by atoms with van der Waals surface area (Å²) in [5.74, 6) is 0.452. The van der Waals surface area contributed by atoms with E-state index in [9.17, 15) is 5.11 Å². The molecule has 76 valence electrons. The Balaban J connectivity index is 2.44. The van der Waals surface area contributed by atoms with Crippen LogP contribution in [0.25, 0.3) is 0 Å². The van der Waals surface area contributed by atoms with Crippen LogP contribution in [0.15, 0.2) is 18.2 Å². The largest absolute Gasteiger partial charge is 0.508 e. The number of hydrogen-bond acceptors (Lipinski definition) is 2. The van der Waals surface area contributed by atoms with Gasteiger partial charge in [0.15, 0.2) is 0 Å². The van der Waals surface area contributed by atoms with Crippen molar-refractivity contribution in [3.63, 3.8) is 0 Å². The maximum absolute atomic E-state index is 9.73. The predicted molar refractivity (Wildman–Crippen MR) is 58.9 cm³/mol. The first-order chi connectivity index (χ1) is 6.70. The molecule has 0 aliphatic carbocycles. The molecule has 0 atom stereocenters. The van der Waals surface area contributed by atoms with E-state index in [-0.39, 0.29) is 0 Å². The van der Waals surface area contributed by atoms with Crippen LogP contribution in [-0.2, 0) is 6.42 Å². The number of phenols is 1. The van der Waals surface area contributed by atoms with E-state index in [1.54, 1.807) is 6.07 Å². The summed E-state index contributed by atoms with van der Waals surface area (Å²) in [6.45, 7) is 5.49. The lowest BCUT2D eigenvalue weighted by Crippen LogP contribution is -2.35. The molecule has 2 rings (SSSR count). The van der Waals surface area contributed by atoms with Gasteiger partial charge in [0.1, 0.15) is 5.75 Å². The second-order valence-electron chi connectivity index (χ2n) is 4.17. The molecule has 0 amide bonds. The van der Waals surface area contributed by atoms with Crippen LogP contribution in [0.1, 0.15) is 25.8 Å². The van der Waals surface area contributed by atoms with Crippen LogP contribution in [0.5, 0.6) is 5.75 Å². The Morgan fingerprint density at radius 1 is 1.36 bits per heavy atom. The summed E-state index contributed by atoms with van der Waals surface area (Å²) < 4.78 is 0. The molecule has 0 saturated carbocycles. The monoisotopic (exact) mass is 191 g/mol. The van der Waals surface area contributed by atoms with Gasteiger partial charge in [0.2, 0.25) is 0 Å². The number of hydrogen-bond donors (Lipinski definition) is 1. The summed E-state index contributed by atoms with van der Waals surface area (Å²) in [5, 5.41) is 9.73. The average molecular weight is 191 g/mol. The van der Waals surface area contributed by atoms with Crippen molar-refractivity contribution in [3.8, 4) is 5.75 Å². The normalized spacial score (nSPS) is 15.8. The Hall–Kier alpha value is -1.18. The number of fused-ring (bicyclic) bond motifs is 1. The molecular weight excluding hydrogens is 174 g/mol. The molecule has 1 aliphatic rings. The van der Waals surface area contributed by atoms with Crippen molar-refractivity contribution in [1.29, 1.82) is 0 Å². The molecule has 0 aromatic heterocycles.